The van der Waals surface area contributed by atoms with Gasteiger partial charge in [0.1, 0.15) is 5.84 Å². The van der Waals surface area contributed by atoms with Crippen molar-refractivity contribution in [1.29, 1.82) is 0 Å². The Kier molecular flexibility index (Phi) is 4.70. The average Bonchev–Trinajstić information content (AvgIpc) is 3.03. The van der Waals surface area contributed by atoms with Crippen LogP contribution in [-0.4, -0.2) is 27.4 Å². The molecular weight excluding hydrogens is 348 g/mol. The second kappa shape index (κ2) is 7.31. The lowest BCUT2D eigenvalue weighted by Gasteiger charge is -2.34. The predicted octanol–water partition coefficient (Wildman–Crippen LogP) is 4.53. The van der Waals surface area contributed by atoms with Crippen LogP contribution in [0, 0.1) is 0 Å². The third-order valence-corrected chi connectivity index (χ3v) is 5.23. The normalized spacial score (nSPS) is 21.4. The van der Waals surface area contributed by atoms with E-state index in [-0.39, 0.29) is 0 Å². The molecule has 0 radical (unpaired) electrons. The summed E-state index contributed by atoms with van der Waals surface area (Å²) in [5.74, 6) is -0.214. The van der Waals surface area contributed by atoms with Crippen LogP contribution in [0.15, 0.2) is 96.0 Å². The maximum atomic E-state index is 12.3. The summed E-state index contributed by atoms with van der Waals surface area (Å²) in [6.07, 6.45) is 0. The van der Waals surface area contributed by atoms with E-state index in [1.807, 2.05) is 78.9 Å². The molecule has 140 valence electrons. The van der Waals surface area contributed by atoms with Crippen LogP contribution in [0.5, 0.6) is 0 Å². The number of carboxylic acid groups (broad SMARTS) is 1. The second-order valence-corrected chi connectivity index (χ2v) is 7.18. The predicted molar refractivity (Wildman–Crippen MR) is 110 cm³/mol. The van der Waals surface area contributed by atoms with Gasteiger partial charge in [0.05, 0.1) is 6.04 Å². The van der Waals surface area contributed by atoms with Gasteiger partial charge in [0.2, 0.25) is 0 Å². The molecule has 0 bridgehead atoms. The number of aliphatic carboxylic acids is 1. The van der Waals surface area contributed by atoms with Crippen molar-refractivity contribution in [2.75, 3.05) is 0 Å². The van der Waals surface area contributed by atoms with Crippen LogP contribution >= 0.6 is 0 Å². The zero-order valence-electron chi connectivity index (χ0n) is 15.7. The molecule has 0 amide bonds. The summed E-state index contributed by atoms with van der Waals surface area (Å²) in [4.78, 5) is 19.2. The highest BCUT2D eigenvalue weighted by Crippen LogP contribution is 2.42. The van der Waals surface area contributed by atoms with Crippen molar-refractivity contribution in [3.05, 3.63) is 108 Å². The first kappa shape index (κ1) is 18.0. The largest absolute Gasteiger partial charge is 0.479 e. The van der Waals surface area contributed by atoms with Gasteiger partial charge in [-0.25, -0.2) is 9.79 Å². The van der Waals surface area contributed by atoms with Crippen LogP contribution in [0.25, 0.3) is 0 Å². The SMILES string of the molecule is CC1(C(=O)O)N=C(c2ccccc2)N(Cc2ccccc2)C1c1ccccc1. The molecule has 4 nitrogen and oxygen atoms in total. The molecule has 2 atom stereocenters. The highest BCUT2D eigenvalue weighted by atomic mass is 16.4. The molecule has 2 unspecified atom stereocenters. The van der Waals surface area contributed by atoms with Gasteiger partial charge >= 0.3 is 5.97 Å². The molecule has 0 saturated heterocycles. The van der Waals surface area contributed by atoms with Gasteiger partial charge in [-0.05, 0) is 18.1 Å². The number of carboxylic acids is 1. The number of hydrogen-bond acceptors (Lipinski definition) is 3. The van der Waals surface area contributed by atoms with Crippen LogP contribution in [0.1, 0.15) is 29.7 Å². The van der Waals surface area contributed by atoms with Crippen molar-refractivity contribution in [3.8, 4) is 0 Å². The minimum Gasteiger partial charge on any atom is -0.479 e. The molecule has 0 saturated carbocycles. The molecule has 0 spiro atoms. The zero-order valence-corrected chi connectivity index (χ0v) is 15.7. The Morgan fingerprint density at radius 2 is 1.46 bits per heavy atom. The minimum atomic E-state index is -1.28. The molecule has 28 heavy (non-hydrogen) atoms. The number of nitrogens with zero attached hydrogens (tertiary/aromatic N) is 2. The molecule has 3 aromatic rings. The van der Waals surface area contributed by atoms with E-state index in [0.717, 1.165) is 16.7 Å². The fraction of sp³-hybridized carbons (Fsp3) is 0.167. The summed E-state index contributed by atoms with van der Waals surface area (Å²) in [7, 11) is 0. The van der Waals surface area contributed by atoms with Crippen molar-refractivity contribution in [1.82, 2.24) is 4.90 Å². The summed E-state index contributed by atoms with van der Waals surface area (Å²) in [6.45, 7) is 2.29. The molecule has 1 heterocycles. The summed E-state index contributed by atoms with van der Waals surface area (Å²) < 4.78 is 0. The lowest BCUT2D eigenvalue weighted by molar-refractivity contribution is -0.144. The summed E-state index contributed by atoms with van der Waals surface area (Å²) in [5.41, 5.74) is 1.70. The Labute approximate surface area is 164 Å². The van der Waals surface area contributed by atoms with E-state index >= 15 is 0 Å². The van der Waals surface area contributed by atoms with Crippen LogP contribution in [0.3, 0.4) is 0 Å². The topological polar surface area (TPSA) is 52.9 Å². The van der Waals surface area contributed by atoms with Crippen LogP contribution in [0.4, 0.5) is 0 Å². The number of rotatable bonds is 5. The van der Waals surface area contributed by atoms with Crippen molar-refractivity contribution in [3.63, 3.8) is 0 Å². The monoisotopic (exact) mass is 370 g/mol. The second-order valence-electron chi connectivity index (χ2n) is 7.18. The Bertz CT molecular complexity index is 987. The number of amidine groups is 1. The van der Waals surface area contributed by atoms with Gasteiger partial charge in [-0.15, -0.1) is 0 Å². The van der Waals surface area contributed by atoms with Gasteiger partial charge in [-0.3, -0.25) is 0 Å². The number of aliphatic imine (C=N–C) groups is 1. The first-order valence-electron chi connectivity index (χ1n) is 9.34. The first-order chi connectivity index (χ1) is 13.6. The number of hydrogen-bond donors (Lipinski definition) is 1. The maximum Gasteiger partial charge on any atom is 0.333 e. The Morgan fingerprint density at radius 1 is 0.929 bits per heavy atom. The molecule has 0 aromatic heterocycles. The molecule has 4 heteroatoms. The Hall–Kier alpha value is -3.40. The molecule has 1 aliphatic heterocycles. The first-order valence-corrected chi connectivity index (χ1v) is 9.34. The van der Waals surface area contributed by atoms with Crippen molar-refractivity contribution in [2.24, 2.45) is 4.99 Å². The van der Waals surface area contributed by atoms with E-state index < -0.39 is 17.6 Å². The Morgan fingerprint density at radius 3 is 2.04 bits per heavy atom. The highest BCUT2D eigenvalue weighted by Gasteiger charge is 2.51. The fourth-order valence-electron chi connectivity index (χ4n) is 3.84. The molecule has 3 aromatic carbocycles. The van der Waals surface area contributed by atoms with Crippen LogP contribution in [-0.2, 0) is 11.3 Å². The van der Waals surface area contributed by atoms with E-state index in [1.54, 1.807) is 6.92 Å². The summed E-state index contributed by atoms with van der Waals surface area (Å²) in [6, 6.07) is 29.3. The highest BCUT2D eigenvalue weighted by molar-refractivity contribution is 6.03. The van der Waals surface area contributed by atoms with Gasteiger partial charge in [-0.2, -0.15) is 0 Å². The number of carbonyl (C=O) groups is 1. The van der Waals surface area contributed by atoms with E-state index in [2.05, 4.69) is 17.0 Å². The van der Waals surface area contributed by atoms with E-state index in [4.69, 9.17) is 4.99 Å². The van der Waals surface area contributed by atoms with Gasteiger partial charge in [0.15, 0.2) is 5.54 Å². The fourth-order valence-corrected chi connectivity index (χ4v) is 3.84. The third kappa shape index (κ3) is 3.18. The summed E-state index contributed by atoms with van der Waals surface area (Å²) in [5, 5.41) is 10.1. The lowest BCUT2D eigenvalue weighted by Crippen LogP contribution is -2.43. The van der Waals surface area contributed by atoms with Crippen molar-refractivity contribution in [2.45, 2.75) is 25.0 Å². The van der Waals surface area contributed by atoms with E-state index in [1.165, 1.54) is 0 Å². The lowest BCUT2D eigenvalue weighted by atomic mass is 9.87. The number of benzene rings is 3. The minimum absolute atomic E-state index is 0.401. The average molecular weight is 370 g/mol. The van der Waals surface area contributed by atoms with Crippen LogP contribution < -0.4 is 0 Å². The van der Waals surface area contributed by atoms with E-state index in [9.17, 15) is 9.90 Å². The molecule has 1 aliphatic rings. The van der Waals surface area contributed by atoms with Crippen molar-refractivity contribution < 1.29 is 9.90 Å². The quantitative estimate of drug-likeness (QED) is 0.718. The third-order valence-electron chi connectivity index (χ3n) is 5.23. The van der Waals surface area contributed by atoms with Gasteiger partial charge in [-0.1, -0.05) is 91.0 Å². The molecule has 1 N–H and O–H groups in total. The maximum absolute atomic E-state index is 12.3. The zero-order chi connectivity index (χ0) is 19.6. The summed E-state index contributed by atoms with van der Waals surface area (Å²) >= 11 is 0. The molecule has 0 fully saturated rings. The van der Waals surface area contributed by atoms with Crippen LogP contribution in [0.2, 0.25) is 0 Å². The van der Waals surface area contributed by atoms with Gasteiger partial charge < -0.3 is 10.0 Å². The molecule has 4 rings (SSSR count). The van der Waals surface area contributed by atoms with Gasteiger partial charge in [0.25, 0.3) is 0 Å². The van der Waals surface area contributed by atoms with Gasteiger partial charge in [0, 0.05) is 12.1 Å². The molecule has 0 aliphatic carbocycles. The Balaban J connectivity index is 1.87. The smallest absolute Gasteiger partial charge is 0.333 e. The standard InChI is InChI=1S/C24H22N2O2/c1-24(23(27)28)21(19-13-7-3-8-14-19)26(17-18-11-5-2-6-12-18)22(25-24)20-15-9-4-10-16-20/h2-16,21H,17H2,1H3,(H,27,28). The van der Waals surface area contributed by atoms with Crippen molar-refractivity contribution >= 4 is 11.8 Å². The molecular formula is C24H22N2O2. The van der Waals surface area contributed by atoms with E-state index in [0.29, 0.717) is 12.4 Å².